The molecule has 1 aliphatic carbocycles. The van der Waals surface area contributed by atoms with Crippen LogP contribution in [0.25, 0.3) is 0 Å². The SMILES string of the molecule is CCC(CC(=O)OC)c1cc([N+](=O)[O-])c(NC(C(C)C)C2CCCCC2)cc1F. The van der Waals surface area contributed by atoms with E-state index < -0.39 is 22.6 Å². The van der Waals surface area contributed by atoms with E-state index in [0.717, 1.165) is 25.7 Å². The Balaban J connectivity index is 2.37. The van der Waals surface area contributed by atoms with Crippen molar-refractivity contribution in [2.75, 3.05) is 12.4 Å². The molecule has 0 bridgehead atoms. The molecule has 1 aromatic rings. The molecule has 0 spiro atoms. The van der Waals surface area contributed by atoms with Crippen molar-refractivity contribution in [3.05, 3.63) is 33.6 Å². The lowest BCUT2D eigenvalue weighted by Crippen LogP contribution is -2.35. The van der Waals surface area contributed by atoms with Crippen LogP contribution in [0, 0.1) is 27.8 Å². The quantitative estimate of drug-likeness (QED) is 0.317. The van der Waals surface area contributed by atoms with Crippen LogP contribution in [-0.4, -0.2) is 24.0 Å². The number of halogens is 1. The molecule has 0 aromatic heterocycles. The molecule has 2 unspecified atom stereocenters. The second-order valence-corrected chi connectivity index (χ2v) is 8.35. The van der Waals surface area contributed by atoms with Gasteiger partial charge in [-0.15, -0.1) is 0 Å². The maximum absolute atomic E-state index is 15.0. The standard InChI is InChI=1S/C22H33FN2O4/c1-5-15(11-21(26)29-4)17-12-20(25(27)28)19(13-18(17)23)24-22(14(2)3)16-9-7-6-8-10-16/h12-16,22,24H,5-11H2,1-4H3. The number of methoxy groups -OCH3 is 1. The van der Waals surface area contributed by atoms with Gasteiger partial charge in [-0.05, 0) is 42.6 Å². The highest BCUT2D eigenvalue weighted by molar-refractivity contribution is 5.71. The first-order valence-electron chi connectivity index (χ1n) is 10.6. The Bertz CT molecular complexity index is 717. The largest absolute Gasteiger partial charge is 0.469 e. The minimum Gasteiger partial charge on any atom is -0.469 e. The monoisotopic (exact) mass is 408 g/mol. The number of hydrogen-bond donors (Lipinski definition) is 1. The van der Waals surface area contributed by atoms with Crippen molar-refractivity contribution in [2.24, 2.45) is 11.8 Å². The van der Waals surface area contributed by atoms with Crippen LogP contribution in [0.15, 0.2) is 12.1 Å². The van der Waals surface area contributed by atoms with Crippen LogP contribution in [0.5, 0.6) is 0 Å². The van der Waals surface area contributed by atoms with Crippen molar-refractivity contribution >= 4 is 17.3 Å². The van der Waals surface area contributed by atoms with Crippen molar-refractivity contribution in [1.82, 2.24) is 0 Å². The van der Waals surface area contributed by atoms with E-state index in [0.29, 0.717) is 12.3 Å². The summed E-state index contributed by atoms with van der Waals surface area (Å²) in [5, 5.41) is 15.1. The average molecular weight is 409 g/mol. The van der Waals surface area contributed by atoms with Crippen molar-refractivity contribution in [3.8, 4) is 0 Å². The number of rotatable bonds is 9. The number of nitrogens with zero attached hydrogens (tertiary/aromatic N) is 1. The lowest BCUT2D eigenvalue weighted by Gasteiger charge is -2.34. The second-order valence-electron chi connectivity index (χ2n) is 8.35. The summed E-state index contributed by atoms with van der Waals surface area (Å²) in [7, 11) is 1.28. The molecule has 2 rings (SSSR count). The number of esters is 1. The van der Waals surface area contributed by atoms with Gasteiger partial charge in [-0.3, -0.25) is 14.9 Å². The summed E-state index contributed by atoms with van der Waals surface area (Å²) in [6.45, 7) is 6.00. The number of benzene rings is 1. The van der Waals surface area contributed by atoms with Crippen LogP contribution < -0.4 is 5.32 Å². The van der Waals surface area contributed by atoms with Crippen LogP contribution in [0.2, 0.25) is 0 Å². The first-order valence-corrected chi connectivity index (χ1v) is 10.6. The molecule has 1 saturated carbocycles. The minimum absolute atomic E-state index is 0.00938. The van der Waals surface area contributed by atoms with Gasteiger partial charge in [0, 0.05) is 18.2 Å². The third-order valence-corrected chi connectivity index (χ3v) is 6.08. The van der Waals surface area contributed by atoms with Gasteiger partial charge in [0.1, 0.15) is 11.5 Å². The molecule has 2 atom stereocenters. The maximum Gasteiger partial charge on any atom is 0.306 e. The van der Waals surface area contributed by atoms with E-state index >= 15 is 0 Å². The number of carbonyl (C=O) groups is 1. The Morgan fingerprint density at radius 2 is 1.97 bits per heavy atom. The van der Waals surface area contributed by atoms with Gasteiger partial charge < -0.3 is 10.1 Å². The molecular formula is C22H33FN2O4. The second kappa shape index (κ2) is 10.6. The van der Waals surface area contributed by atoms with E-state index in [1.165, 1.54) is 25.7 Å². The Labute approximate surface area is 172 Å². The lowest BCUT2D eigenvalue weighted by atomic mass is 9.79. The first-order chi connectivity index (χ1) is 13.8. The fourth-order valence-corrected chi connectivity index (χ4v) is 4.42. The summed E-state index contributed by atoms with van der Waals surface area (Å²) in [6.07, 6.45) is 6.19. The Kier molecular flexibility index (Phi) is 8.41. The fourth-order valence-electron chi connectivity index (χ4n) is 4.42. The zero-order valence-corrected chi connectivity index (χ0v) is 17.9. The summed E-state index contributed by atoms with van der Waals surface area (Å²) in [4.78, 5) is 22.9. The average Bonchev–Trinajstić information content (AvgIpc) is 2.70. The minimum atomic E-state index is -0.528. The number of nitrogens with one attached hydrogen (secondary N) is 1. The third-order valence-electron chi connectivity index (χ3n) is 6.08. The summed E-state index contributed by atoms with van der Waals surface area (Å²) < 4.78 is 19.6. The molecule has 162 valence electrons. The van der Waals surface area contributed by atoms with Crippen LogP contribution in [0.3, 0.4) is 0 Å². The van der Waals surface area contributed by atoms with Gasteiger partial charge in [0.15, 0.2) is 0 Å². The van der Waals surface area contributed by atoms with Gasteiger partial charge in [0.05, 0.1) is 18.5 Å². The molecule has 0 radical (unpaired) electrons. The molecule has 1 aromatic carbocycles. The van der Waals surface area contributed by atoms with E-state index in [9.17, 15) is 19.3 Å². The van der Waals surface area contributed by atoms with Crippen molar-refractivity contribution in [1.29, 1.82) is 0 Å². The number of carbonyl (C=O) groups excluding carboxylic acids is 1. The van der Waals surface area contributed by atoms with E-state index in [2.05, 4.69) is 23.9 Å². The molecule has 1 fully saturated rings. The normalized spacial score (nSPS) is 17.0. The molecule has 29 heavy (non-hydrogen) atoms. The number of anilines is 1. The molecule has 7 heteroatoms. The molecular weight excluding hydrogens is 375 g/mol. The van der Waals surface area contributed by atoms with E-state index in [4.69, 9.17) is 0 Å². The number of nitro groups is 1. The fraction of sp³-hybridized carbons (Fsp3) is 0.682. The molecule has 0 aliphatic heterocycles. The predicted molar refractivity (Wildman–Crippen MR) is 112 cm³/mol. The third kappa shape index (κ3) is 5.90. The van der Waals surface area contributed by atoms with Gasteiger partial charge in [0.2, 0.25) is 0 Å². The highest BCUT2D eigenvalue weighted by atomic mass is 19.1. The topological polar surface area (TPSA) is 81.5 Å². The zero-order chi connectivity index (χ0) is 21.6. The van der Waals surface area contributed by atoms with Gasteiger partial charge >= 0.3 is 5.97 Å². The first kappa shape index (κ1) is 23.1. The van der Waals surface area contributed by atoms with Crippen LogP contribution in [0.1, 0.15) is 77.2 Å². The highest BCUT2D eigenvalue weighted by Gasteiger charge is 2.30. The summed E-state index contributed by atoms with van der Waals surface area (Å²) in [5.74, 6) is -0.760. The summed E-state index contributed by atoms with van der Waals surface area (Å²) in [6, 6.07) is 2.56. The smallest absolute Gasteiger partial charge is 0.306 e. The summed E-state index contributed by atoms with van der Waals surface area (Å²) >= 11 is 0. The molecule has 1 aliphatic rings. The summed E-state index contributed by atoms with van der Waals surface area (Å²) in [5.41, 5.74) is 0.258. The molecule has 6 nitrogen and oxygen atoms in total. The van der Waals surface area contributed by atoms with Crippen LogP contribution >= 0.6 is 0 Å². The van der Waals surface area contributed by atoms with E-state index in [1.807, 2.05) is 6.92 Å². The Hall–Kier alpha value is -2.18. The Morgan fingerprint density at radius 3 is 2.48 bits per heavy atom. The number of nitro benzene ring substituents is 1. The van der Waals surface area contributed by atoms with Gasteiger partial charge in [0.25, 0.3) is 5.69 Å². The molecule has 1 N–H and O–H groups in total. The van der Waals surface area contributed by atoms with Crippen LogP contribution in [-0.2, 0) is 9.53 Å². The number of hydrogen-bond acceptors (Lipinski definition) is 5. The van der Waals surface area contributed by atoms with Crippen molar-refractivity contribution < 1.29 is 18.8 Å². The Morgan fingerprint density at radius 1 is 1.31 bits per heavy atom. The van der Waals surface area contributed by atoms with E-state index in [1.54, 1.807) is 0 Å². The van der Waals surface area contributed by atoms with Crippen molar-refractivity contribution in [2.45, 2.75) is 77.7 Å². The number of ether oxygens (including phenoxy) is 1. The zero-order valence-electron chi connectivity index (χ0n) is 17.9. The highest BCUT2D eigenvalue weighted by Crippen LogP contribution is 2.37. The van der Waals surface area contributed by atoms with Gasteiger partial charge in [-0.25, -0.2) is 4.39 Å². The molecule has 0 saturated heterocycles. The van der Waals surface area contributed by atoms with Crippen LogP contribution in [0.4, 0.5) is 15.8 Å². The van der Waals surface area contributed by atoms with E-state index in [-0.39, 0.29) is 35.3 Å². The lowest BCUT2D eigenvalue weighted by molar-refractivity contribution is -0.384. The molecule has 0 heterocycles. The predicted octanol–water partition coefficient (Wildman–Crippen LogP) is 5.81. The van der Waals surface area contributed by atoms with Gasteiger partial charge in [-0.2, -0.15) is 0 Å². The van der Waals surface area contributed by atoms with Crippen molar-refractivity contribution in [3.63, 3.8) is 0 Å². The molecule has 0 amide bonds. The maximum atomic E-state index is 15.0. The van der Waals surface area contributed by atoms with Gasteiger partial charge in [-0.1, -0.05) is 40.0 Å².